The summed E-state index contributed by atoms with van der Waals surface area (Å²) in [6, 6.07) is 0.347. The quantitative estimate of drug-likeness (QED) is 0.541. The highest BCUT2D eigenvalue weighted by atomic mass is 16.5. The molecule has 0 aromatic heterocycles. The van der Waals surface area contributed by atoms with Gasteiger partial charge in [0.25, 0.3) is 0 Å². The molecular weight excluding hydrogens is 126 g/mol. The molecule has 1 fully saturated rings. The van der Waals surface area contributed by atoms with Crippen molar-refractivity contribution in [1.82, 2.24) is 5.32 Å². The van der Waals surface area contributed by atoms with E-state index in [9.17, 15) is 0 Å². The third-order valence-corrected chi connectivity index (χ3v) is 1.56. The van der Waals surface area contributed by atoms with E-state index in [1.165, 1.54) is 0 Å². The zero-order valence-electron chi connectivity index (χ0n) is 6.48. The monoisotopic (exact) mass is 139 g/mol. The van der Waals surface area contributed by atoms with Crippen LogP contribution >= 0.6 is 0 Å². The van der Waals surface area contributed by atoms with Gasteiger partial charge >= 0.3 is 0 Å². The molecule has 0 amide bonds. The third kappa shape index (κ3) is 1.73. The molecule has 0 aliphatic carbocycles. The van der Waals surface area contributed by atoms with E-state index < -0.39 is 0 Å². The Morgan fingerprint density at radius 2 is 2.50 bits per heavy atom. The van der Waals surface area contributed by atoms with Gasteiger partial charge in [-0.25, -0.2) is 0 Å². The van der Waals surface area contributed by atoms with Gasteiger partial charge in [-0.05, 0) is 13.8 Å². The minimum atomic E-state index is -0.179. The van der Waals surface area contributed by atoms with Gasteiger partial charge in [-0.3, -0.25) is 5.32 Å². The molecule has 1 saturated heterocycles. The molecule has 10 heavy (non-hydrogen) atoms. The van der Waals surface area contributed by atoms with Crippen molar-refractivity contribution in [3.63, 3.8) is 0 Å². The number of ether oxygens (including phenoxy) is 1. The molecule has 1 unspecified atom stereocenters. The second-order valence-electron chi connectivity index (χ2n) is 3.07. The van der Waals surface area contributed by atoms with Crippen LogP contribution in [0.15, 0.2) is 0 Å². The summed E-state index contributed by atoms with van der Waals surface area (Å²) >= 11 is 0. The van der Waals surface area contributed by atoms with Crippen molar-refractivity contribution in [1.29, 1.82) is 0 Å². The van der Waals surface area contributed by atoms with Crippen LogP contribution in [0.2, 0.25) is 0 Å². The molecule has 0 bridgehead atoms. The number of nitrogens with one attached hydrogen (secondary N) is 1. The Hall–Kier alpha value is -0.520. The van der Waals surface area contributed by atoms with Crippen molar-refractivity contribution in [3.8, 4) is 12.3 Å². The van der Waals surface area contributed by atoms with Crippen LogP contribution < -0.4 is 5.32 Å². The largest absolute Gasteiger partial charge is 0.360 e. The lowest BCUT2D eigenvalue weighted by Gasteiger charge is -2.17. The fourth-order valence-electron chi connectivity index (χ4n) is 1.14. The van der Waals surface area contributed by atoms with Gasteiger partial charge < -0.3 is 4.74 Å². The average Bonchev–Trinajstić information content (AvgIpc) is 2.12. The molecule has 2 heteroatoms. The van der Waals surface area contributed by atoms with Gasteiger partial charge in [-0.2, -0.15) is 0 Å². The highest BCUT2D eigenvalue weighted by molar-refractivity contribution is 4.93. The van der Waals surface area contributed by atoms with E-state index in [0.29, 0.717) is 6.04 Å². The van der Waals surface area contributed by atoms with Crippen LogP contribution in [0.4, 0.5) is 0 Å². The Bertz CT molecular complexity index is 157. The van der Waals surface area contributed by atoms with Crippen molar-refractivity contribution >= 4 is 0 Å². The fraction of sp³-hybridized carbons (Fsp3) is 0.750. The minimum Gasteiger partial charge on any atom is -0.360 e. The molecular formula is C8H13NO. The SMILES string of the molecule is C#CCC1COC(C)(C)N1. The molecule has 0 saturated carbocycles. The Balaban J connectivity index is 2.38. The predicted octanol–water partition coefficient (Wildman–Crippen LogP) is 0.734. The van der Waals surface area contributed by atoms with Gasteiger partial charge in [0, 0.05) is 12.5 Å². The third-order valence-electron chi connectivity index (χ3n) is 1.56. The topological polar surface area (TPSA) is 21.3 Å². The van der Waals surface area contributed by atoms with Crippen LogP contribution in [0.25, 0.3) is 0 Å². The summed E-state index contributed by atoms with van der Waals surface area (Å²) in [5.74, 6) is 2.60. The predicted molar refractivity (Wildman–Crippen MR) is 40.4 cm³/mol. The molecule has 1 aliphatic rings. The first-order valence-corrected chi connectivity index (χ1v) is 3.49. The lowest BCUT2D eigenvalue weighted by Crippen LogP contribution is -2.38. The zero-order valence-corrected chi connectivity index (χ0v) is 6.48. The molecule has 1 N–H and O–H groups in total. The van der Waals surface area contributed by atoms with Crippen molar-refractivity contribution in [2.75, 3.05) is 6.61 Å². The van der Waals surface area contributed by atoms with Gasteiger partial charge in [-0.15, -0.1) is 12.3 Å². The van der Waals surface area contributed by atoms with Crippen molar-refractivity contribution < 1.29 is 4.74 Å². The lowest BCUT2D eigenvalue weighted by molar-refractivity contribution is 0.0231. The number of hydrogen-bond acceptors (Lipinski definition) is 2. The minimum absolute atomic E-state index is 0.179. The molecule has 1 aliphatic heterocycles. The summed E-state index contributed by atoms with van der Waals surface area (Å²) in [5.41, 5.74) is -0.179. The van der Waals surface area contributed by atoms with E-state index in [0.717, 1.165) is 13.0 Å². The van der Waals surface area contributed by atoms with Crippen molar-refractivity contribution in [3.05, 3.63) is 0 Å². The highest BCUT2D eigenvalue weighted by Gasteiger charge is 2.29. The number of hydrogen-bond donors (Lipinski definition) is 1. The van der Waals surface area contributed by atoms with Gasteiger partial charge in [0.05, 0.1) is 6.61 Å². The second-order valence-corrected chi connectivity index (χ2v) is 3.07. The van der Waals surface area contributed by atoms with Gasteiger partial charge in [0.15, 0.2) is 0 Å². The van der Waals surface area contributed by atoms with E-state index in [1.807, 2.05) is 13.8 Å². The Morgan fingerprint density at radius 3 is 2.90 bits per heavy atom. The highest BCUT2D eigenvalue weighted by Crippen LogP contribution is 2.15. The summed E-state index contributed by atoms with van der Waals surface area (Å²) in [4.78, 5) is 0. The van der Waals surface area contributed by atoms with Crippen LogP contribution in [0.5, 0.6) is 0 Å². The van der Waals surface area contributed by atoms with E-state index in [2.05, 4.69) is 11.2 Å². The van der Waals surface area contributed by atoms with Crippen LogP contribution in [0.1, 0.15) is 20.3 Å². The molecule has 0 spiro atoms. The summed E-state index contributed by atoms with van der Waals surface area (Å²) in [7, 11) is 0. The maximum absolute atomic E-state index is 5.40. The van der Waals surface area contributed by atoms with Crippen LogP contribution in [-0.4, -0.2) is 18.4 Å². The summed E-state index contributed by atoms with van der Waals surface area (Å²) in [5, 5.41) is 3.27. The van der Waals surface area contributed by atoms with E-state index in [1.54, 1.807) is 0 Å². The van der Waals surface area contributed by atoms with Crippen molar-refractivity contribution in [2.45, 2.75) is 32.0 Å². The smallest absolute Gasteiger partial charge is 0.113 e. The van der Waals surface area contributed by atoms with Gasteiger partial charge in [0.1, 0.15) is 5.72 Å². The van der Waals surface area contributed by atoms with E-state index in [4.69, 9.17) is 11.2 Å². The molecule has 1 rings (SSSR count). The van der Waals surface area contributed by atoms with Gasteiger partial charge in [0.2, 0.25) is 0 Å². The number of rotatable bonds is 1. The molecule has 1 heterocycles. The fourth-order valence-corrected chi connectivity index (χ4v) is 1.14. The first kappa shape index (κ1) is 7.59. The van der Waals surface area contributed by atoms with E-state index >= 15 is 0 Å². The normalized spacial score (nSPS) is 29.9. The van der Waals surface area contributed by atoms with Gasteiger partial charge in [-0.1, -0.05) is 0 Å². The summed E-state index contributed by atoms with van der Waals surface area (Å²) in [6.07, 6.45) is 5.90. The first-order chi connectivity index (χ1) is 4.64. The van der Waals surface area contributed by atoms with Crippen LogP contribution in [0, 0.1) is 12.3 Å². The molecule has 0 radical (unpaired) electrons. The first-order valence-electron chi connectivity index (χ1n) is 3.49. The second kappa shape index (κ2) is 2.61. The average molecular weight is 139 g/mol. The standard InChI is InChI=1S/C8H13NO/c1-4-5-7-6-10-8(2,3)9-7/h1,7,9H,5-6H2,2-3H3. The van der Waals surface area contributed by atoms with Crippen molar-refractivity contribution in [2.24, 2.45) is 0 Å². The summed E-state index contributed by atoms with van der Waals surface area (Å²) in [6.45, 7) is 4.74. The number of terminal acetylenes is 1. The van der Waals surface area contributed by atoms with E-state index in [-0.39, 0.29) is 5.72 Å². The Morgan fingerprint density at radius 1 is 1.80 bits per heavy atom. The molecule has 0 aromatic carbocycles. The molecule has 1 atom stereocenters. The maximum atomic E-state index is 5.40. The Kier molecular flexibility index (Phi) is 1.98. The van der Waals surface area contributed by atoms with Crippen LogP contribution in [-0.2, 0) is 4.74 Å². The zero-order chi connectivity index (χ0) is 7.61. The molecule has 0 aromatic rings. The molecule has 56 valence electrons. The van der Waals surface area contributed by atoms with Crippen LogP contribution in [0.3, 0.4) is 0 Å². The Labute approximate surface area is 62.0 Å². The summed E-state index contributed by atoms with van der Waals surface area (Å²) < 4.78 is 5.40. The lowest BCUT2D eigenvalue weighted by atomic mass is 10.2. The molecule has 2 nitrogen and oxygen atoms in total. The maximum Gasteiger partial charge on any atom is 0.113 e.